The van der Waals surface area contributed by atoms with E-state index in [1.54, 1.807) is 19.2 Å². The maximum absolute atomic E-state index is 10.7. The summed E-state index contributed by atoms with van der Waals surface area (Å²) >= 11 is 0. The zero-order chi connectivity index (χ0) is 19.8. The summed E-state index contributed by atoms with van der Waals surface area (Å²) in [5.41, 5.74) is 2.04. The van der Waals surface area contributed by atoms with E-state index < -0.39 is 0 Å². The van der Waals surface area contributed by atoms with Crippen LogP contribution in [0.4, 0.5) is 5.69 Å². The highest BCUT2D eigenvalue weighted by atomic mass is 16.6. The average molecular weight is 381 g/mol. The lowest BCUT2D eigenvalue weighted by Gasteiger charge is -2.11. The zero-order valence-corrected chi connectivity index (χ0v) is 15.7. The molecular weight excluding hydrogens is 358 g/mol. The predicted molar refractivity (Wildman–Crippen MR) is 107 cm³/mol. The molecule has 0 aliphatic rings. The molecule has 9 heteroatoms. The number of unbranched alkanes of at least 4 members (excludes halogenated alkanes) is 1. The maximum Gasteiger partial charge on any atom is 0.269 e. The van der Waals surface area contributed by atoms with E-state index in [-0.39, 0.29) is 10.6 Å². The van der Waals surface area contributed by atoms with Crippen LogP contribution in [0.5, 0.6) is 0 Å². The van der Waals surface area contributed by atoms with Crippen molar-refractivity contribution in [3.63, 3.8) is 0 Å². The molecule has 3 aromatic rings. The van der Waals surface area contributed by atoms with Crippen molar-refractivity contribution in [1.29, 1.82) is 0 Å². The summed E-state index contributed by atoms with van der Waals surface area (Å²) in [5.74, 6) is 1.53. The van der Waals surface area contributed by atoms with Gasteiger partial charge in [-0.3, -0.25) is 19.5 Å². The molecule has 0 radical (unpaired) electrons. The Balaban J connectivity index is 1.38. The van der Waals surface area contributed by atoms with Gasteiger partial charge in [0.15, 0.2) is 17.4 Å². The summed E-state index contributed by atoms with van der Waals surface area (Å²) in [6.07, 6.45) is 4.76. The molecule has 0 bridgehead atoms. The number of rotatable bonds is 8. The number of nitrogens with one attached hydrogen (secondary N) is 2. The number of benzene rings is 1. The summed E-state index contributed by atoms with van der Waals surface area (Å²) < 4.78 is 1.93. The Morgan fingerprint density at radius 2 is 1.96 bits per heavy atom. The Morgan fingerprint density at radius 1 is 1.14 bits per heavy atom. The van der Waals surface area contributed by atoms with Crippen LogP contribution < -0.4 is 10.6 Å². The molecule has 0 atom stereocenters. The molecule has 0 saturated heterocycles. The fourth-order valence-corrected chi connectivity index (χ4v) is 2.84. The third kappa shape index (κ3) is 5.03. The number of guanidine groups is 1. The number of nitro groups is 1. The molecule has 3 rings (SSSR count). The quantitative estimate of drug-likeness (QED) is 0.204. The van der Waals surface area contributed by atoms with Crippen molar-refractivity contribution in [2.45, 2.75) is 25.8 Å². The van der Waals surface area contributed by atoms with Crippen LogP contribution in [0.25, 0.3) is 5.65 Å². The van der Waals surface area contributed by atoms with Crippen LogP contribution in [-0.4, -0.2) is 39.1 Å². The highest BCUT2D eigenvalue weighted by molar-refractivity contribution is 5.79. The van der Waals surface area contributed by atoms with E-state index in [9.17, 15) is 10.1 Å². The van der Waals surface area contributed by atoms with Crippen molar-refractivity contribution in [2.75, 3.05) is 13.6 Å². The highest BCUT2D eigenvalue weighted by Crippen LogP contribution is 2.13. The number of nitrogens with zero attached hydrogens (tertiary/aromatic N) is 5. The SMILES string of the molecule is CN=C(NCCCCc1ccc([N+](=O)[O-])cc1)NCc1nnc2ccccn12. The van der Waals surface area contributed by atoms with E-state index in [0.717, 1.165) is 42.8 Å². The van der Waals surface area contributed by atoms with E-state index in [0.29, 0.717) is 12.5 Å². The molecule has 0 fully saturated rings. The summed E-state index contributed by atoms with van der Waals surface area (Å²) in [5, 5.41) is 25.5. The minimum atomic E-state index is -0.380. The number of aromatic nitrogens is 3. The van der Waals surface area contributed by atoms with E-state index in [1.165, 1.54) is 0 Å². The van der Waals surface area contributed by atoms with Crippen LogP contribution >= 0.6 is 0 Å². The van der Waals surface area contributed by atoms with Gasteiger partial charge in [0.05, 0.1) is 11.5 Å². The number of aryl methyl sites for hydroxylation is 1. The summed E-state index contributed by atoms with van der Waals surface area (Å²) in [4.78, 5) is 14.5. The molecular formula is C19H23N7O2. The lowest BCUT2D eigenvalue weighted by Crippen LogP contribution is -2.37. The van der Waals surface area contributed by atoms with Crippen LogP contribution in [0.2, 0.25) is 0 Å². The van der Waals surface area contributed by atoms with Crippen LogP contribution in [0.1, 0.15) is 24.2 Å². The Kier molecular flexibility index (Phi) is 6.50. The lowest BCUT2D eigenvalue weighted by atomic mass is 10.1. The molecule has 0 saturated carbocycles. The van der Waals surface area contributed by atoms with Gasteiger partial charge in [-0.05, 0) is 37.0 Å². The molecule has 1 aromatic carbocycles. The third-order valence-corrected chi connectivity index (χ3v) is 4.35. The predicted octanol–water partition coefficient (Wildman–Crippen LogP) is 2.33. The molecule has 2 N–H and O–H groups in total. The van der Waals surface area contributed by atoms with Crippen LogP contribution in [0, 0.1) is 10.1 Å². The van der Waals surface area contributed by atoms with E-state index in [1.807, 2.05) is 40.9 Å². The first-order valence-corrected chi connectivity index (χ1v) is 9.14. The van der Waals surface area contributed by atoms with E-state index in [2.05, 4.69) is 25.8 Å². The molecule has 28 heavy (non-hydrogen) atoms. The molecule has 0 spiro atoms. The second-order valence-corrected chi connectivity index (χ2v) is 6.28. The van der Waals surface area contributed by atoms with Gasteiger partial charge in [0.1, 0.15) is 0 Å². The number of hydrogen-bond acceptors (Lipinski definition) is 5. The molecule has 0 unspecified atom stereocenters. The van der Waals surface area contributed by atoms with Crippen molar-refractivity contribution in [3.05, 3.63) is 70.2 Å². The Labute approximate surface area is 162 Å². The first-order valence-electron chi connectivity index (χ1n) is 9.14. The van der Waals surface area contributed by atoms with Gasteiger partial charge in [-0.2, -0.15) is 0 Å². The van der Waals surface area contributed by atoms with Gasteiger partial charge in [0.25, 0.3) is 5.69 Å². The normalized spacial score (nSPS) is 11.5. The number of hydrogen-bond donors (Lipinski definition) is 2. The number of fused-ring (bicyclic) bond motifs is 1. The number of non-ortho nitro benzene ring substituents is 1. The molecule has 9 nitrogen and oxygen atoms in total. The Morgan fingerprint density at radius 3 is 2.71 bits per heavy atom. The van der Waals surface area contributed by atoms with Gasteiger partial charge in [-0.25, -0.2) is 0 Å². The van der Waals surface area contributed by atoms with Gasteiger partial charge in [0.2, 0.25) is 0 Å². The fourth-order valence-electron chi connectivity index (χ4n) is 2.84. The van der Waals surface area contributed by atoms with Crippen LogP contribution in [0.3, 0.4) is 0 Å². The second-order valence-electron chi connectivity index (χ2n) is 6.28. The maximum atomic E-state index is 10.7. The first-order chi connectivity index (χ1) is 13.7. The fraction of sp³-hybridized carbons (Fsp3) is 0.316. The average Bonchev–Trinajstić information content (AvgIpc) is 3.13. The van der Waals surface area contributed by atoms with Gasteiger partial charge >= 0.3 is 0 Å². The Bertz CT molecular complexity index is 950. The Hall–Kier alpha value is -3.49. The summed E-state index contributed by atoms with van der Waals surface area (Å²) in [6, 6.07) is 12.5. The first kappa shape index (κ1) is 19.3. The van der Waals surface area contributed by atoms with Crippen molar-refractivity contribution < 1.29 is 4.92 Å². The molecule has 2 heterocycles. The summed E-state index contributed by atoms with van der Waals surface area (Å²) in [7, 11) is 1.73. The number of aliphatic imine (C=N–C) groups is 1. The van der Waals surface area contributed by atoms with Gasteiger partial charge in [-0.15, -0.1) is 10.2 Å². The minimum Gasteiger partial charge on any atom is -0.356 e. The monoisotopic (exact) mass is 381 g/mol. The third-order valence-electron chi connectivity index (χ3n) is 4.35. The standard InChI is InChI=1S/C19H23N7O2/c1-20-19(22-14-18-24-23-17-7-3-5-13-25(17)18)21-12-4-2-6-15-8-10-16(11-9-15)26(27)28/h3,5,7-11,13H,2,4,6,12,14H2,1H3,(H2,20,21,22). The highest BCUT2D eigenvalue weighted by Gasteiger charge is 2.06. The summed E-state index contributed by atoms with van der Waals surface area (Å²) in [6.45, 7) is 1.31. The van der Waals surface area contributed by atoms with Crippen molar-refractivity contribution >= 4 is 17.3 Å². The van der Waals surface area contributed by atoms with Crippen molar-refractivity contribution in [3.8, 4) is 0 Å². The molecule has 0 aliphatic heterocycles. The van der Waals surface area contributed by atoms with Crippen LogP contribution in [-0.2, 0) is 13.0 Å². The van der Waals surface area contributed by atoms with Gasteiger partial charge in [0, 0.05) is 31.9 Å². The van der Waals surface area contributed by atoms with E-state index >= 15 is 0 Å². The number of pyridine rings is 1. The lowest BCUT2D eigenvalue weighted by molar-refractivity contribution is -0.384. The largest absolute Gasteiger partial charge is 0.356 e. The molecule has 0 amide bonds. The smallest absolute Gasteiger partial charge is 0.269 e. The topological polar surface area (TPSA) is 110 Å². The van der Waals surface area contributed by atoms with Gasteiger partial charge in [-0.1, -0.05) is 18.2 Å². The van der Waals surface area contributed by atoms with E-state index in [4.69, 9.17) is 0 Å². The minimum absolute atomic E-state index is 0.126. The molecule has 0 aliphatic carbocycles. The van der Waals surface area contributed by atoms with Crippen molar-refractivity contribution in [1.82, 2.24) is 25.2 Å². The van der Waals surface area contributed by atoms with Crippen LogP contribution in [0.15, 0.2) is 53.7 Å². The second kappa shape index (κ2) is 9.45. The van der Waals surface area contributed by atoms with Crippen molar-refractivity contribution in [2.24, 2.45) is 4.99 Å². The molecule has 146 valence electrons. The zero-order valence-electron chi connectivity index (χ0n) is 15.7. The number of nitro benzene ring substituents is 1. The van der Waals surface area contributed by atoms with Gasteiger partial charge < -0.3 is 10.6 Å². The molecule has 2 aromatic heterocycles.